The zero-order valence-electron chi connectivity index (χ0n) is 8.91. The van der Waals surface area contributed by atoms with Crippen LogP contribution in [-0.2, 0) is 0 Å². The van der Waals surface area contributed by atoms with E-state index in [9.17, 15) is 0 Å². The van der Waals surface area contributed by atoms with Gasteiger partial charge in [0.25, 0.3) is 0 Å². The van der Waals surface area contributed by atoms with Gasteiger partial charge in [-0.3, -0.25) is 5.43 Å². The molecule has 0 aromatic heterocycles. The quantitative estimate of drug-likeness (QED) is 0.387. The molecule has 0 spiro atoms. The minimum atomic E-state index is 0.432. The molecule has 0 aliphatic carbocycles. The molecule has 0 amide bonds. The van der Waals surface area contributed by atoms with Crippen molar-refractivity contribution in [2.24, 2.45) is 5.10 Å². The summed E-state index contributed by atoms with van der Waals surface area (Å²) in [6, 6.07) is 5.23. The fraction of sp³-hybridized carbons (Fsp3) is 0.0909. The van der Waals surface area contributed by atoms with Crippen molar-refractivity contribution in [3.63, 3.8) is 0 Å². The Labute approximate surface area is 115 Å². The molecule has 0 aliphatic heterocycles. The minimum absolute atomic E-state index is 0.432. The highest BCUT2D eigenvalue weighted by atomic mass is 35.5. The van der Waals surface area contributed by atoms with Crippen molar-refractivity contribution in [3.05, 3.63) is 46.5 Å². The van der Waals surface area contributed by atoms with Crippen LogP contribution in [0.1, 0.15) is 5.56 Å². The molecule has 0 bridgehead atoms. The van der Waals surface area contributed by atoms with Crippen LogP contribution in [0.3, 0.4) is 0 Å². The summed E-state index contributed by atoms with van der Waals surface area (Å²) < 4.78 is 0. The number of hydrazone groups is 1. The van der Waals surface area contributed by atoms with Gasteiger partial charge in [0, 0.05) is 6.54 Å². The average Bonchev–Trinajstić information content (AvgIpc) is 2.31. The van der Waals surface area contributed by atoms with Crippen molar-refractivity contribution in [1.82, 2.24) is 10.7 Å². The Kier molecular flexibility index (Phi) is 5.97. The lowest BCUT2D eigenvalue weighted by atomic mass is 10.2. The van der Waals surface area contributed by atoms with E-state index in [1.54, 1.807) is 30.5 Å². The summed E-state index contributed by atoms with van der Waals surface area (Å²) in [6.45, 7) is 4.15. The van der Waals surface area contributed by atoms with Gasteiger partial charge in [0.2, 0.25) is 0 Å². The molecule has 17 heavy (non-hydrogen) atoms. The Bertz CT molecular complexity index is 446. The fourth-order valence-corrected chi connectivity index (χ4v) is 1.41. The van der Waals surface area contributed by atoms with Crippen molar-refractivity contribution in [3.8, 4) is 0 Å². The van der Waals surface area contributed by atoms with Gasteiger partial charge >= 0.3 is 0 Å². The summed E-state index contributed by atoms with van der Waals surface area (Å²) in [5.74, 6) is 0. The molecule has 6 heteroatoms. The van der Waals surface area contributed by atoms with Gasteiger partial charge in [-0.1, -0.05) is 35.3 Å². The normalized spacial score (nSPS) is 10.2. The van der Waals surface area contributed by atoms with Crippen LogP contribution in [-0.4, -0.2) is 17.9 Å². The molecule has 90 valence electrons. The molecule has 1 aromatic carbocycles. The number of hydrogen-bond acceptors (Lipinski definition) is 2. The number of nitrogens with zero attached hydrogens (tertiary/aromatic N) is 1. The van der Waals surface area contributed by atoms with E-state index in [1.807, 2.05) is 0 Å². The number of benzene rings is 1. The monoisotopic (exact) mass is 287 g/mol. The van der Waals surface area contributed by atoms with Gasteiger partial charge in [0.15, 0.2) is 5.11 Å². The summed E-state index contributed by atoms with van der Waals surface area (Å²) in [5.41, 5.74) is 3.50. The lowest BCUT2D eigenvalue weighted by Crippen LogP contribution is -2.31. The van der Waals surface area contributed by atoms with Crippen LogP contribution in [0.2, 0.25) is 10.0 Å². The van der Waals surface area contributed by atoms with E-state index in [2.05, 4.69) is 22.4 Å². The smallest absolute Gasteiger partial charge is 0.187 e. The van der Waals surface area contributed by atoms with Crippen molar-refractivity contribution in [1.29, 1.82) is 0 Å². The Morgan fingerprint density at radius 1 is 1.41 bits per heavy atom. The molecule has 1 rings (SSSR count). The summed E-state index contributed by atoms with van der Waals surface area (Å²) in [4.78, 5) is 0. The minimum Gasteiger partial charge on any atom is -0.358 e. The SMILES string of the molecule is C=CCNC(=S)NN=Cc1ccc(Cl)c(Cl)c1. The maximum Gasteiger partial charge on any atom is 0.187 e. The van der Waals surface area contributed by atoms with E-state index in [0.717, 1.165) is 5.56 Å². The van der Waals surface area contributed by atoms with Gasteiger partial charge in [-0.05, 0) is 29.9 Å². The predicted molar refractivity (Wildman–Crippen MR) is 78.0 cm³/mol. The summed E-state index contributed by atoms with van der Waals surface area (Å²) >= 11 is 16.6. The molecule has 0 radical (unpaired) electrons. The van der Waals surface area contributed by atoms with Crippen molar-refractivity contribution >= 4 is 46.7 Å². The van der Waals surface area contributed by atoms with E-state index in [4.69, 9.17) is 35.4 Å². The van der Waals surface area contributed by atoms with E-state index in [1.165, 1.54) is 0 Å². The second-order valence-corrected chi connectivity index (χ2v) is 4.26. The van der Waals surface area contributed by atoms with Crippen LogP contribution in [0, 0.1) is 0 Å². The molecule has 0 fully saturated rings. The first-order valence-electron chi connectivity index (χ1n) is 4.76. The molecule has 0 atom stereocenters. The summed E-state index contributed by atoms with van der Waals surface area (Å²) in [6.07, 6.45) is 3.31. The van der Waals surface area contributed by atoms with Crippen molar-refractivity contribution < 1.29 is 0 Å². The standard InChI is InChI=1S/C11H11Cl2N3S/c1-2-5-14-11(17)16-15-7-8-3-4-9(12)10(13)6-8/h2-4,6-7H,1,5H2,(H2,14,16,17). The van der Waals surface area contributed by atoms with Crippen LogP contribution in [0.4, 0.5) is 0 Å². The molecule has 0 heterocycles. The van der Waals surface area contributed by atoms with Gasteiger partial charge in [-0.25, -0.2) is 0 Å². The van der Waals surface area contributed by atoms with Crippen LogP contribution in [0.15, 0.2) is 36.0 Å². The number of nitrogens with one attached hydrogen (secondary N) is 2. The Hall–Kier alpha value is -1.10. The molecule has 2 N–H and O–H groups in total. The third-order valence-corrected chi connectivity index (χ3v) is 2.70. The second kappa shape index (κ2) is 7.27. The van der Waals surface area contributed by atoms with Gasteiger partial charge in [-0.2, -0.15) is 5.10 Å². The van der Waals surface area contributed by atoms with Gasteiger partial charge in [0.05, 0.1) is 16.3 Å². The molecule has 1 aromatic rings. The second-order valence-electron chi connectivity index (χ2n) is 3.04. The number of rotatable bonds is 4. The summed E-state index contributed by atoms with van der Waals surface area (Å²) in [5, 5.41) is 8.27. The molecule has 0 unspecified atom stereocenters. The Morgan fingerprint density at radius 2 is 2.18 bits per heavy atom. The van der Waals surface area contributed by atoms with E-state index < -0.39 is 0 Å². The average molecular weight is 288 g/mol. The molecule has 0 saturated carbocycles. The largest absolute Gasteiger partial charge is 0.358 e. The molecule has 0 aliphatic rings. The zero-order chi connectivity index (χ0) is 12.7. The number of halogens is 2. The topological polar surface area (TPSA) is 36.4 Å². The van der Waals surface area contributed by atoms with E-state index in [-0.39, 0.29) is 0 Å². The van der Waals surface area contributed by atoms with Crippen molar-refractivity contribution in [2.45, 2.75) is 0 Å². The zero-order valence-corrected chi connectivity index (χ0v) is 11.2. The maximum atomic E-state index is 5.86. The predicted octanol–water partition coefficient (Wildman–Crippen LogP) is 2.98. The van der Waals surface area contributed by atoms with Crippen LogP contribution < -0.4 is 10.7 Å². The maximum absolute atomic E-state index is 5.86. The lowest BCUT2D eigenvalue weighted by molar-refractivity contribution is 0.942. The number of hydrogen-bond donors (Lipinski definition) is 2. The van der Waals surface area contributed by atoms with Crippen LogP contribution in [0.25, 0.3) is 0 Å². The highest BCUT2D eigenvalue weighted by Gasteiger charge is 1.97. The van der Waals surface area contributed by atoms with Crippen LogP contribution >= 0.6 is 35.4 Å². The van der Waals surface area contributed by atoms with E-state index >= 15 is 0 Å². The van der Waals surface area contributed by atoms with E-state index in [0.29, 0.717) is 21.7 Å². The Morgan fingerprint density at radius 3 is 2.82 bits per heavy atom. The summed E-state index contributed by atoms with van der Waals surface area (Å²) in [7, 11) is 0. The third-order valence-electron chi connectivity index (χ3n) is 1.73. The molecular formula is C11H11Cl2N3S. The first-order chi connectivity index (χ1) is 8.13. The van der Waals surface area contributed by atoms with Crippen molar-refractivity contribution in [2.75, 3.05) is 6.54 Å². The lowest BCUT2D eigenvalue weighted by Gasteiger charge is -2.03. The Balaban J connectivity index is 2.50. The molecular weight excluding hydrogens is 277 g/mol. The highest BCUT2D eigenvalue weighted by molar-refractivity contribution is 7.80. The van der Waals surface area contributed by atoms with Gasteiger partial charge in [0.1, 0.15) is 0 Å². The third kappa shape index (κ3) is 5.17. The first-order valence-corrected chi connectivity index (χ1v) is 5.92. The highest BCUT2D eigenvalue weighted by Crippen LogP contribution is 2.21. The fourth-order valence-electron chi connectivity index (χ4n) is 0.963. The number of thiocarbonyl (C=S) groups is 1. The van der Waals surface area contributed by atoms with Crippen LogP contribution in [0.5, 0.6) is 0 Å². The first kappa shape index (κ1) is 14.0. The van der Waals surface area contributed by atoms with Gasteiger partial charge in [-0.15, -0.1) is 6.58 Å². The molecule has 0 saturated heterocycles. The molecule has 3 nitrogen and oxygen atoms in total. The van der Waals surface area contributed by atoms with Gasteiger partial charge < -0.3 is 5.32 Å².